The van der Waals surface area contributed by atoms with Gasteiger partial charge in [0.05, 0.1) is 37.0 Å². The summed E-state index contributed by atoms with van der Waals surface area (Å²) in [6.07, 6.45) is 4.38. The standard InChI is InChI=1S/C17H26N4O4/c1-17(2,3)25-16(24)19-6-4-12(5-7-19)21-10-13(9-18-21)20-11-14(22)8-15(20)23/h9-10,12,14,22H,4-8,11H2,1-3H3. The van der Waals surface area contributed by atoms with E-state index >= 15 is 0 Å². The van der Waals surface area contributed by atoms with Crippen molar-refractivity contribution >= 4 is 17.7 Å². The van der Waals surface area contributed by atoms with Gasteiger partial charge in [-0.2, -0.15) is 5.10 Å². The monoisotopic (exact) mass is 350 g/mol. The molecule has 2 aliphatic rings. The van der Waals surface area contributed by atoms with Gasteiger partial charge >= 0.3 is 6.09 Å². The van der Waals surface area contributed by atoms with Crippen LogP contribution in [0.15, 0.2) is 12.4 Å². The molecule has 25 heavy (non-hydrogen) atoms. The van der Waals surface area contributed by atoms with Gasteiger partial charge in [-0.15, -0.1) is 0 Å². The van der Waals surface area contributed by atoms with Crippen molar-refractivity contribution in [2.24, 2.45) is 0 Å². The van der Waals surface area contributed by atoms with Crippen LogP contribution in [0, 0.1) is 0 Å². The number of hydrogen-bond acceptors (Lipinski definition) is 5. The van der Waals surface area contributed by atoms with Gasteiger partial charge in [0, 0.05) is 19.3 Å². The molecule has 1 atom stereocenters. The van der Waals surface area contributed by atoms with E-state index in [1.165, 1.54) is 0 Å². The van der Waals surface area contributed by atoms with Gasteiger partial charge in [0.25, 0.3) is 0 Å². The molecule has 0 spiro atoms. The maximum atomic E-state index is 12.1. The van der Waals surface area contributed by atoms with Crippen LogP contribution in [0.3, 0.4) is 0 Å². The van der Waals surface area contributed by atoms with E-state index < -0.39 is 11.7 Å². The Kier molecular flexibility index (Phi) is 4.73. The van der Waals surface area contributed by atoms with E-state index in [9.17, 15) is 14.7 Å². The molecule has 0 saturated carbocycles. The van der Waals surface area contributed by atoms with Gasteiger partial charge in [0.2, 0.25) is 5.91 Å². The van der Waals surface area contributed by atoms with Gasteiger partial charge < -0.3 is 19.6 Å². The molecule has 0 aromatic carbocycles. The molecule has 1 aromatic rings. The fourth-order valence-electron chi connectivity index (χ4n) is 3.24. The van der Waals surface area contributed by atoms with Gasteiger partial charge in [-0.25, -0.2) is 4.79 Å². The number of nitrogens with zero attached hydrogens (tertiary/aromatic N) is 4. The molecule has 1 aromatic heterocycles. The topological polar surface area (TPSA) is 87.9 Å². The predicted octanol–water partition coefficient (Wildman–Crippen LogP) is 1.55. The number of carbonyl (C=O) groups excluding carboxylic acids is 2. The number of likely N-dealkylation sites (tertiary alicyclic amines) is 1. The lowest BCUT2D eigenvalue weighted by atomic mass is 10.1. The summed E-state index contributed by atoms with van der Waals surface area (Å²) in [4.78, 5) is 27.3. The molecule has 2 amide bonds. The lowest BCUT2D eigenvalue weighted by molar-refractivity contribution is -0.117. The number of hydrogen-bond donors (Lipinski definition) is 1. The summed E-state index contributed by atoms with van der Waals surface area (Å²) in [6.45, 7) is 7.15. The normalized spacial score (nSPS) is 22.6. The van der Waals surface area contributed by atoms with Crippen LogP contribution < -0.4 is 4.90 Å². The highest BCUT2D eigenvalue weighted by atomic mass is 16.6. The third-order valence-corrected chi connectivity index (χ3v) is 4.49. The van der Waals surface area contributed by atoms with Gasteiger partial charge in [0.15, 0.2) is 0 Å². The number of aliphatic hydroxyl groups is 1. The van der Waals surface area contributed by atoms with Crippen molar-refractivity contribution in [1.29, 1.82) is 0 Å². The van der Waals surface area contributed by atoms with Gasteiger partial charge in [-0.3, -0.25) is 9.48 Å². The van der Waals surface area contributed by atoms with Crippen molar-refractivity contribution in [3.63, 3.8) is 0 Å². The van der Waals surface area contributed by atoms with E-state index in [2.05, 4.69) is 5.10 Å². The molecule has 8 nitrogen and oxygen atoms in total. The molecule has 0 bridgehead atoms. The molecule has 2 saturated heterocycles. The lowest BCUT2D eigenvalue weighted by Crippen LogP contribution is -2.42. The molecular weight excluding hydrogens is 324 g/mol. The highest BCUT2D eigenvalue weighted by Crippen LogP contribution is 2.27. The summed E-state index contributed by atoms with van der Waals surface area (Å²) >= 11 is 0. The minimum Gasteiger partial charge on any atom is -0.444 e. The molecule has 3 heterocycles. The van der Waals surface area contributed by atoms with Crippen LogP contribution in [0.4, 0.5) is 10.5 Å². The van der Waals surface area contributed by atoms with Crippen molar-refractivity contribution in [2.45, 2.75) is 57.8 Å². The molecular formula is C17H26N4O4. The Hall–Kier alpha value is -2.09. The first-order chi connectivity index (χ1) is 11.7. The number of rotatable bonds is 2. The summed E-state index contributed by atoms with van der Waals surface area (Å²) in [5.74, 6) is -0.0770. The average Bonchev–Trinajstić information content (AvgIpc) is 3.12. The third kappa shape index (κ3) is 4.12. The maximum absolute atomic E-state index is 12.1. The quantitative estimate of drug-likeness (QED) is 0.874. The number of aliphatic hydroxyl groups excluding tert-OH is 1. The number of β-amino-alcohol motifs (C(OH)–C–C–N with tert-alkyl or cyclic N) is 1. The molecule has 3 rings (SSSR count). The van der Waals surface area contributed by atoms with Crippen molar-refractivity contribution in [1.82, 2.24) is 14.7 Å². The zero-order chi connectivity index (χ0) is 18.2. The fraction of sp³-hybridized carbons (Fsp3) is 0.706. The lowest BCUT2D eigenvalue weighted by Gasteiger charge is -2.33. The second-order valence-corrected chi connectivity index (χ2v) is 7.74. The van der Waals surface area contributed by atoms with Crippen LogP contribution in [0.5, 0.6) is 0 Å². The Morgan fingerprint density at radius 1 is 1.32 bits per heavy atom. The number of anilines is 1. The van der Waals surface area contributed by atoms with Crippen molar-refractivity contribution < 1.29 is 19.4 Å². The molecule has 1 N–H and O–H groups in total. The summed E-state index contributed by atoms with van der Waals surface area (Å²) in [5, 5.41) is 14.0. The zero-order valence-corrected chi connectivity index (χ0v) is 15.0. The summed E-state index contributed by atoms with van der Waals surface area (Å²) in [5.41, 5.74) is 0.230. The van der Waals surface area contributed by atoms with E-state index in [4.69, 9.17) is 4.74 Å². The summed E-state index contributed by atoms with van der Waals surface area (Å²) < 4.78 is 7.27. The van der Waals surface area contributed by atoms with E-state index in [-0.39, 0.29) is 24.5 Å². The van der Waals surface area contributed by atoms with Crippen LogP contribution >= 0.6 is 0 Å². The minimum atomic E-state index is -0.604. The van der Waals surface area contributed by atoms with Crippen LogP contribution in [-0.2, 0) is 9.53 Å². The van der Waals surface area contributed by atoms with Crippen LogP contribution in [0.25, 0.3) is 0 Å². The van der Waals surface area contributed by atoms with E-state index in [0.717, 1.165) is 18.5 Å². The highest BCUT2D eigenvalue weighted by molar-refractivity contribution is 5.95. The Morgan fingerprint density at radius 3 is 2.56 bits per heavy atom. The zero-order valence-electron chi connectivity index (χ0n) is 15.0. The van der Waals surface area contributed by atoms with Gasteiger partial charge in [0.1, 0.15) is 5.60 Å². The summed E-state index contributed by atoms with van der Waals surface area (Å²) in [6, 6.07) is 0.190. The maximum Gasteiger partial charge on any atom is 0.410 e. The Labute approximate surface area is 147 Å². The van der Waals surface area contributed by atoms with Gasteiger partial charge in [-0.1, -0.05) is 0 Å². The van der Waals surface area contributed by atoms with Crippen molar-refractivity contribution in [3.8, 4) is 0 Å². The van der Waals surface area contributed by atoms with Gasteiger partial charge in [-0.05, 0) is 33.6 Å². The van der Waals surface area contributed by atoms with Crippen LogP contribution in [0.2, 0.25) is 0 Å². The molecule has 0 radical (unpaired) electrons. The van der Waals surface area contributed by atoms with E-state index in [1.54, 1.807) is 16.0 Å². The SMILES string of the molecule is CC(C)(C)OC(=O)N1CCC(n2cc(N3CC(O)CC3=O)cn2)CC1. The van der Waals surface area contributed by atoms with Crippen LogP contribution in [0.1, 0.15) is 46.1 Å². The third-order valence-electron chi connectivity index (χ3n) is 4.49. The fourth-order valence-corrected chi connectivity index (χ4v) is 3.24. The molecule has 2 aliphatic heterocycles. The van der Waals surface area contributed by atoms with E-state index in [1.807, 2.05) is 31.6 Å². The average molecular weight is 350 g/mol. The van der Waals surface area contributed by atoms with Crippen molar-refractivity contribution in [2.75, 3.05) is 24.5 Å². The molecule has 0 aliphatic carbocycles. The number of aromatic nitrogens is 2. The predicted molar refractivity (Wildman–Crippen MR) is 91.3 cm³/mol. The number of carbonyl (C=O) groups is 2. The highest BCUT2D eigenvalue weighted by Gasteiger charge is 2.31. The van der Waals surface area contributed by atoms with Crippen LogP contribution in [-0.4, -0.2) is 63.1 Å². The first-order valence-corrected chi connectivity index (χ1v) is 8.73. The smallest absolute Gasteiger partial charge is 0.410 e. The second-order valence-electron chi connectivity index (χ2n) is 7.74. The summed E-state index contributed by atoms with van der Waals surface area (Å²) in [7, 11) is 0. The molecule has 8 heteroatoms. The number of piperidine rings is 1. The second kappa shape index (κ2) is 6.67. The first-order valence-electron chi connectivity index (χ1n) is 8.73. The van der Waals surface area contributed by atoms with E-state index in [0.29, 0.717) is 19.6 Å². The molecule has 1 unspecified atom stereocenters. The molecule has 2 fully saturated rings. The Morgan fingerprint density at radius 2 is 2.00 bits per heavy atom. The number of amides is 2. The first kappa shape index (κ1) is 17.7. The largest absolute Gasteiger partial charge is 0.444 e. The Balaban J connectivity index is 1.57. The number of ether oxygens (including phenoxy) is 1. The minimum absolute atomic E-state index is 0.0770. The Bertz CT molecular complexity index is 643. The molecule has 138 valence electrons. The van der Waals surface area contributed by atoms with Crippen molar-refractivity contribution in [3.05, 3.63) is 12.4 Å².